The molecule has 0 radical (unpaired) electrons. The largest absolute Gasteiger partial charge is 0.489 e. The van der Waals surface area contributed by atoms with Crippen LogP contribution in [-0.4, -0.2) is 20.9 Å². The molecular weight excluding hydrogens is 292 g/mol. The summed E-state index contributed by atoms with van der Waals surface area (Å²) in [6, 6.07) is 17.2. The van der Waals surface area contributed by atoms with E-state index in [0.29, 0.717) is 6.61 Å². The molecule has 23 heavy (non-hydrogen) atoms. The number of anilines is 1. The Balaban J connectivity index is 1.51. The van der Waals surface area contributed by atoms with Crippen LogP contribution in [0.4, 0.5) is 5.69 Å². The van der Waals surface area contributed by atoms with Crippen molar-refractivity contribution in [2.24, 2.45) is 0 Å². The van der Waals surface area contributed by atoms with E-state index in [0.717, 1.165) is 17.0 Å². The van der Waals surface area contributed by atoms with Crippen LogP contribution >= 0.6 is 0 Å². The highest BCUT2D eigenvalue weighted by Gasteiger charge is 2.04. The standard InChI is InChI=1S/C17H16N4O2/c22-17(12-21-11-10-18-20-21)19-15-8-6-14(7-9-15)13-23-16-4-2-1-3-5-16/h1-11H,12-13H2,(H,19,22). The Morgan fingerprint density at radius 2 is 1.87 bits per heavy atom. The summed E-state index contributed by atoms with van der Waals surface area (Å²) in [5, 5.41) is 10.2. The average molecular weight is 308 g/mol. The average Bonchev–Trinajstić information content (AvgIpc) is 3.08. The number of nitrogens with zero attached hydrogens (tertiary/aromatic N) is 3. The second kappa shape index (κ2) is 7.22. The summed E-state index contributed by atoms with van der Waals surface area (Å²) in [4.78, 5) is 11.9. The lowest BCUT2D eigenvalue weighted by Gasteiger charge is -2.08. The van der Waals surface area contributed by atoms with E-state index >= 15 is 0 Å². The molecule has 0 atom stereocenters. The number of carbonyl (C=O) groups is 1. The predicted octanol–water partition coefficient (Wildman–Crippen LogP) is 2.50. The molecule has 0 bridgehead atoms. The number of benzene rings is 2. The van der Waals surface area contributed by atoms with E-state index in [2.05, 4.69) is 15.6 Å². The maximum Gasteiger partial charge on any atom is 0.246 e. The first-order valence-corrected chi connectivity index (χ1v) is 7.20. The smallest absolute Gasteiger partial charge is 0.246 e. The Kier molecular flexibility index (Phi) is 4.63. The van der Waals surface area contributed by atoms with Gasteiger partial charge in [0.1, 0.15) is 18.9 Å². The van der Waals surface area contributed by atoms with Crippen LogP contribution in [0.1, 0.15) is 5.56 Å². The summed E-state index contributed by atoms with van der Waals surface area (Å²) < 4.78 is 7.15. The number of carbonyl (C=O) groups excluding carboxylic acids is 1. The van der Waals surface area contributed by atoms with Crippen LogP contribution in [0.3, 0.4) is 0 Å². The molecule has 6 heteroatoms. The van der Waals surface area contributed by atoms with Gasteiger partial charge in [0.15, 0.2) is 0 Å². The zero-order valence-corrected chi connectivity index (χ0v) is 12.4. The first-order valence-electron chi connectivity index (χ1n) is 7.20. The molecule has 0 saturated carbocycles. The van der Waals surface area contributed by atoms with Gasteiger partial charge in [0, 0.05) is 11.9 Å². The Bertz CT molecular complexity index is 740. The molecule has 1 aromatic heterocycles. The Labute approximate surface area is 133 Å². The minimum Gasteiger partial charge on any atom is -0.489 e. The van der Waals surface area contributed by atoms with E-state index in [4.69, 9.17) is 4.74 Å². The van der Waals surface area contributed by atoms with Gasteiger partial charge >= 0.3 is 0 Å². The zero-order valence-electron chi connectivity index (χ0n) is 12.4. The predicted molar refractivity (Wildman–Crippen MR) is 85.9 cm³/mol. The van der Waals surface area contributed by atoms with Gasteiger partial charge in [-0.3, -0.25) is 4.79 Å². The lowest BCUT2D eigenvalue weighted by molar-refractivity contribution is -0.116. The van der Waals surface area contributed by atoms with Gasteiger partial charge in [0.05, 0.1) is 6.20 Å². The van der Waals surface area contributed by atoms with E-state index in [1.807, 2.05) is 54.6 Å². The van der Waals surface area contributed by atoms with Crippen molar-refractivity contribution >= 4 is 11.6 Å². The molecule has 3 aromatic rings. The highest BCUT2D eigenvalue weighted by molar-refractivity contribution is 5.90. The monoisotopic (exact) mass is 308 g/mol. The van der Waals surface area contributed by atoms with Crippen molar-refractivity contribution < 1.29 is 9.53 Å². The Morgan fingerprint density at radius 3 is 2.57 bits per heavy atom. The number of amides is 1. The summed E-state index contributed by atoms with van der Waals surface area (Å²) in [6.45, 7) is 0.621. The van der Waals surface area contributed by atoms with Crippen molar-refractivity contribution in [2.75, 3.05) is 5.32 Å². The minimum atomic E-state index is -0.149. The second-order valence-electron chi connectivity index (χ2n) is 4.95. The number of hydrogen-bond acceptors (Lipinski definition) is 4. The first kappa shape index (κ1) is 14.8. The molecule has 0 aliphatic heterocycles. The fourth-order valence-corrected chi connectivity index (χ4v) is 2.03. The normalized spacial score (nSPS) is 10.3. The molecule has 2 aromatic carbocycles. The molecular formula is C17H16N4O2. The van der Waals surface area contributed by atoms with Gasteiger partial charge in [-0.15, -0.1) is 5.10 Å². The van der Waals surface area contributed by atoms with Crippen molar-refractivity contribution in [3.05, 3.63) is 72.6 Å². The first-order chi connectivity index (χ1) is 11.3. The maximum absolute atomic E-state index is 11.9. The van der Waals surface area contributed by atoms with Crippen LogP contribution in [0.2, 0.25) is 0 Å². The highest BCUT2D eigenvalue weighted by Crippen LogP contribution is 2.14. The summed E-state index contributed by atoms with van der Waals surface area (Å²) >= 11 is 0. The molecule has 1 heterocycles. The molecule has 0 aliphatic rings. The minimum absolute atomic E-state index is 0.138. The lowest BCUT2D eigenvalue weighted by Crippen LogP contribution is -2.19. The fraction of sp³-hybridized carbons (Fsp3) is 0.118. The number of nitrogens with one attached hydrogen (secondary N) is 1. The molecule has 116 valence electrons. The molecule has 0 fully saturated rings. The molecule has 0 saturated heterocycles. The van der Waals surface area contributed by atoms with E-state index in [1.54, 1.807) is 6.20 Å². The summed E-state index contributed by atoms with van der Waals surface area (Å²) in [6.07, 6.45) is 3.18. The third kappa shape index (κ3) is 4.41. The molecule has 3 rings (SSSR count). The molecule has 0 unspecified atom stereocenters. The number of para-hydroxylation sites is 1. The topological polar surface area (TPSA) is 69.0 Å². The number of rotatable bonds is 6. The van der Waals surface area contributed by atoms with Crippen molar-refractivity contribution in [3.8, 4) is 5.75 Å². The van der Waals surface area contributed by atoms with Gasteiger partial charge < -0.3 is 10.1 Å². The molecule has 0 spiro atoms. The van der Waals surface area contributed by atoms with Gasteiger partial charge in [0.25, 0.3) is 0 Å². The zero-order chi connectivity index (χ0) is 15.9. The SMILES string of the molecule is O=C(Cn1ccnn1)Nc1ccc(COc2ccccc2)cc1. The summed E-state index contributed by atoms with van der Waals surface area (Å²) in [7, 11) is 0. The molecule has 6 nitrogen and oxygen atoms in total. The van der Waals surface area contributed by atoms with Crippen LogP contribution in [0.5, 0.6) is 5.75 Å². The van der Waals surface area contributed by atoms with Crippen molar-refractivity contribution in [1.82, 2.24) is 15.0 Å². The van der Waals surface area contributed by atoms with Gasteiger partial charge in [0.2, 0.25) is 5.91 Å². The van der Waals surface area contributed by atoms with Gasteiger partial charge in [-0.05, 0) is 29.8 Å². The van der Waals surface area contributed by atoms with Crippen molar-refractivity contribution in [1.29, 1.82) is 0 Å². The van der Waals surface area contributed by atoms with Crippen LogP contribution < -0.4 is 10.1 Å². The Morgan fingerprint density at radius 1 is 1.09 bits per heavy atom. The summed E-state index contributed by atoms with van der Waals surface area (Å²) in [5.41, 5.74) is 1.77. The van der Waals surface area contributed by atoms with Gasteiger partial charge in [-0.2, -0.15) is 0 Å². The van der Waals surface area contributed by atoms with Gasteiger partial charge in [-0.1, -0.05) is 35.5 Å². The van der Waals surface area contributed by atoms with Crippen LogP contribution in [0.25, 0.3) is 0 Å². The third-order valence-electron chi connectivity index (χ3n) is 3.16. The maximum atomic E-state index is 11.9. The molecule has 1 amide bonds. The van der Waals surface area contributed by atoms with Crippen LogP contribution in [0.15, 0.2) is 67.0 Å². The Hall–Kier alpha value is -3.15. The highest BCUT2D eigenvalue weighted by atomic mass is 16.5. The second-order valence-corrected chi connectivity index (χ2v) is 4.95. The van der Waals surface area contributed by atoms with Crippen molar-refractivity contribution in [3.63, 3.8) is 0 Å². The van der Waals surface area contributed by atoms with Crippen LogP contribution in [-0.2, 0) is 17.9 Å². The fourth-order valence-electron chi connectivity index (χ4n) is 2.03. The van der Waals surface area contributed by atoms with E-state index in [1.165, 1.54) is 10.9 Å². The van der Waals surface area contributed by atoms with Crippen LogP contribution in [0, 0.1) is 0 Å². The van der Waals surface area contributed by atoms with E-state index in [-0.39, 0.29) is 12.5 Å². The molecule has 0 aliphatic carbocycles. The van der Waals surface area contributed by atoms with Crippen molar-refractivity contribution in [2.45, 2.75) is 13.2 Å². The lowest BCUT2D eigenvalue weighted by atomic mass is 10.2. The quantitative estimate of drug-likeness (QED) is 0.759. The number of ether oxygens (including phenoxy) is 1. The third-order valence-corrected chi connectivity index (χ3v) is 3.16. The summed E-state index contributed by atoms with van der Waals surface area (Å²) in [5.74, 6) is 0.682. The van der Waals surface area contributed by atoms with Gasteiger partial charge in [-0.25, -0.2) is 4.68 Å². The number of aromatic nitrogens is 3. The van der Waals surface area contributed by atoms with E-state index in [9.17, 15) is 4.79 Å². The number of hydrogen-bond donors (Lipinski definition) is 1. The molecule has 1 N–H and O–H groups in total. The van der Waals surface area contributed by atoms with E-state index < -0.39 is 0 Å².